The summed E-state index contributed by atoms with van der Waals surface area (Å²) in [5, 5.41) is 19.0. The lowest BCUT2D eigenvalue weighted by atomic mass is 10.1. The molecular formula is C12H15N5O3. The summed E-state index contributed by atoms with van der Waals surface area (Å²) >= 11 is 0. The largest absolute Gasteiger partial charge is 0.465 e. The SMILES string of the molecule is CC1=NN(C)C(=O)c2c3c(nn2C1)CCN(C(=O)O)C3. The van der Waals surface area contributed by atoms with Crippen LogP contribution in [0.15, 0.2) is 5.10 Å². The van der Waals surface area contributed by atoms with Crippen LogP contribution >= 0.6 is 0 Å². The molecule has 106 valence electrons. The standard InChI is InChI=1S/C12H15N5O3/c1-7-5-17-10(11(18)15(2)13-7)8-6-16(12(19)20)4-3-9(8)14-17/h3-6H2,1-2H3,(H,19,20). The first kappa shape index (κ1) is 12.6. The van der Waals surface area contributed by atoms with Gasteiger partial charge in [-0.15, -0.1) is 0 Å². The van der Waals surface area contributed by atoms with E-state index >= 15 is 0 Å². The normalized spacial score (nSPS) is 18.3. The first-order valence-corrected chi connectivity index (χ1v) is 6.36. The summed E-state index contributed by atoms with van der Waals surface area (Å²) in [4.78, 5) is 24.8. The predicted molar refractivity (Wildman–Crippen MR) is 69.6 cm³/mol. The topological polar surface area (TPSA) is 91.0 Å². The fourth-order valence-electron chi connectivity index (χ4n) is 2.65. The third-order valence-electron chi connectivity index (χ3n) is 3.57. The fraction of sp³-hybridized carbons (Fsp3) is 0.500. The van der Waals surface area contributed by atoms with E-state index in [1.807, 2.05) is 6.92 Å². The Morgan fingerprint density at radius 3 is 2.80 bits per heavy atom. The quantitative estimate of drug-likeness (QED) is 0.742. The number of aromatic nitrogens is 2. The molecular weight excluding hydrogens is 262 g/mol. The number of hydrogen-bond acceptors (Lipinski definition) is 4. The molecule has 8 heteroatoms. The summed E-state index contributed by atoms with van der Waals surface area (Å²) in [5.41, 5.74) is 2.76. The Kier molecular flexibility index (Phi) is 2.73. The number of carbonyl (C=O) groups excluding carboxylic acids is 1. The number of carbonyl (C=O) groups is 2. The number of nitrogens with zero attached hydrogens (tertiary/aromatic N) is 5. The molecule has 1 aromatic rings. The molecule has 0 spiro atoms. The lowest BCUT2D eigenvalue weighted by Gasteiger charge is -2.24. The van der Waals surface area contributed by atoms with Crippen molar-refractivity contribution < 1.29 is 14.7 Å². The van der Waals surface area contributed by atoms with Crippen LogP contribution in [-0.4, -0.2) is 56.1 Å². The lowest BCUT2D eigenvalue weighted by Crippen LogP contribution is -2.35. The maximum absolute atomic E-state index is 12.4. The van der Waals surface area contributed by atoms with E-state index in [9.17, 15) is 9.59 Å². The monoisotopic (exact) mass is 277 g/mol. The molecule has 1 N–H and O–H groups in total. The highest BCUT2D eigenvalue weighted by Crippen LogP contribution is 2.24. The zero-order chi connectivity index (χ0) is 14.4. The van der Waals surface area contributed by atoms with Crippen LogP contribution in [0.2, 0.25) is 0 Å². The van der Waals surface area contributed by atoms with Crippen LogP contribution in [0.1, 0.15) is 28.7 Å². The summed E-state index contributed by atoms with van der Waals surface area (Å²) in [6, 6.07) is 0. The zero-order valence-corrected chi connectivity index (χ0v) is 11.3. The van der Waals surface area contributed by atoms with Gasteiger partial charge in [-0.2, -0.15) is 10.2 Å². The summed E-state index contributed by atoms with van der Waals surface area (Å²) in [6.45, 7) is 2.91. The molecule has 0 fully saturated rings. The summed E-state index contributed by atoms with van der Waals surface area (Å²) in [6.07, 6.45) is -0.438. The molecule has 1 aromatic heterocycles. The number of amides is 2. The Morgan fingerprint density at radius 2 is 2.10 bits per heavy atom. The van der Waals surface area contributed by atoms with Gasteiger partial charge in [0, 0.05) is 25.6 Å². The molecule has 2 aliphatic rings. The maximum Gasteiger partial charge on any atom is 0.407 e. The molecule has 2 aliphatic heterocycles. The Labute approximate surface area is 115 Å². The molecule has 0 atom stereocenters. The van der Waals surface area contributed by atoms with Gasteiger partial charge in [-0.05, 0) is 6.92 Å². The molecule has 3 heterocycles. The summed E-state index contributed by atoms with van der Waals surface area (Å²) in [5.74, 6) is -0.247. The summed E-state index contributed by atoms with van der Waals surface area (Å²) in [7, 11) is 1.60. The third kappa shape index (κ3) is 1.84. The molecule has 0 unspecified atom stereocenters. The molecule has 0 bridgehead atoms. The predicted octanol–water partition coefficient (Wildman–Crippen LogP) is 0.381. The van der Waals surface area contributed by atoms with Gasteiger partial charge in [-0.25, -0.2) is 9.80 Å². The van der Waals surface area contributed by atoms with Crippen molar-refractivity contribution in [2.45, 2.75) is 26.4 Å². The Morgan fingerprint density at radius 1 is 1.35 bits per heavy atom. The second kappa shape index (κ2) is 4.32. The van der Waals surface area contributed by atoms with E-state index in [0.717, 1.165) is 11.4 Å². The van der Waals surface area contributed by atoms with Crippen molar-refractivity contribution in [2.24, 2.45) is 5.10 Å². The number of carboxylic acid groups (broad SMARTS) is 1. The van der Waals surface area contributed by atoms with Gasteiger partial charge in [-0.1, -0.05) is 0 Å². The average molecular weight is 277 g/mol. The lowest BCUT2D eigenvalue weighted by molar-refractivity contribution is 0.0789. The van der Waals surface area contributed by atoms with E-state index in [1.54, 1.807) is 11.7 Å². The van der Waals surface area contributed by atoms with Gasteiger partial charge in [0.2, 0.25) is 0 Å². The van der Waals surface area contributed by atoms with Crippen molar-refractivity contribution in [1.82, 2.24) is 19.7 Å². The van der Waals surface area contributed by atoms with Crippen molar-refractivity contribution in [3.8, 4) is 0 Å². The van der Waals surface area contributed by atoms with E-state index < -0.39 is 6.09 Å². The van der Waals surface area contributed by atoms with Crippen LogP contribution in [0.4, 0.5) is 4.79 Å². The Hall–Kier alpha value is -2.38. The molecule has 20 heavy (non-hydrogen) atoms. The second-order valence-electron chi connectivity index (χ2n) is 5.05. The molecule has 2 amide bonds. The second-order valence-corrected chi connectivity index (χ2v) is 5.05. The third-order valence-corrected chi connectivity index (χ3v) is 3.57. The Bertz CT molecular complexity index is 633. The molecule has 8 nitrogen and oxygen atoms in total. The van der Waals surface area contributed by atoms with Crippen LogP contribution in [0.3, 0.4) is 0 Å². The highest BCUT2D eigenvalue weighted by Gasteiger charge is 2.32. The number of hydrogen-bond donors (Lipinski definition) is 1. The van der Waals surface area contributed by atoms with Gasteiger partial charge in [-0.3, -0.25) is 9.48 Å². The molecule has 3 rings (SSSR count). The smallest absolute Gasteiger partial charge is 0.407 e. The van der Waals surface area contributed by atoms with Gasteiger partial charge in [0.05, 0.1) is 24.5 Å². The Balaban J connectivity index is 2.07. The first-order chi connectivity index (χ1) is 9.47. The molecule has 0 radical (unpaired) electrons. The highest BCUT2D eigenvalue weighted by molar-refractivity contribution is 5.97. The zero-order valence-electron chi connectivity index (χ0n) is 11.3. The van der Waals surface area contributed by atoms with Crippen molar-refractivity contribution >= 4 is 17.7 Å². The first-order valence-electron chi connectivity index (χ1n) is 6.36. The van der Waals surface area contributed by atoms with Crippen molar-refractivity contribution in [3.05, 3.63) is 17.0 Å². The van der Waals surface area contributed by atoms with E-state index in [0.29, 0.717) is 30.8 Å². The molecule has 0 saturated heterocycles. The minimum atomic E-state index is -0.975. The van der Waals surface area contributed by atoms with Crippen LogP contribution in [0.5, 0.6) is 0 Å². The van der Waals surface area contributed by atoms with E-state index in [1.165, 1.54) is 9.91 Å². The van der Waals surface area contributed by atoms with Crippen molar-refractivity contribution in [1.29, 1.82) is 0 Å². The van der Waals surface area contributed by atoms with Crippen LogP contribution in [0.25, 0.3) is 0 Å². The highest BCUT2D eigenvalue weighted by atomic mass is 16.4. The minimum absolute atomic E-state index is 0.207. The van der Waals surface area contributed by atoms with Crippen LogP contribution < -0.4 is 0 Å². The molecule has 0 saturated carbocycles. The number of fused-ring (bicyclic) bond motifs is 3. The fourth-order valence-corrected chi connectivity index (χ4v) is 2.65. The van der Waals surface area contributed by atoms with Crippen LogP contribution in [0, 0.1) is 0 Å². The van der Waals surface area contributed by atoms with E-state index in [4.69, 9.17) is 5.11 Å². The van der Waals surface area contributed by atoms with Crippen LogP contribution in [-0.2, 0) is 19.5 Å². The van der Waals surface area contributed by atoms with E-state index in [-0.39, 0.29) is 12.5 Å². The number of hydrazone groups is 1. The number of rotatable bonds is 0. The van der Waals surface area contributed by atoms with Gasteiger partial charge >= 0.3 is 6.09 Å². The summed E-state index contributed by atoms with van der Waals surface area (Å²) < 4.78 is 1.64. The van der Waals surface area contributed by atoms with Gasteiger partial charge < -0.3 is 10.0 Å². The van der Waals surface area contributed by atoms with Gasteiger partial charge in [0.1, 0.15) is 5.69 Å². The van der Waals surface area contributed by atoms with E-state index in [2.05, 4.69) is 10.2 Å². The van der Waals surface area contributed by atoms with Gasteiger partial charge in [0.25, 0.3) is 5.91 Å². The minimum Gasteiger partial charge on any atom is -0.465 e. The van der Waals surface area contributed by atoms with Crippen molar-refractivity contribution in [3.63, 3.8) is 0 Å². The van der Waals surface area contributed by atoms with Crippen molar-refractivity contribution in [2.75, 3.05) is 13.6 Å². The average Bonchev–Trinajstić information content (AvgIpc) is 2.68. The van der Waals surface area contributed by atoms with Gasteiger partial charge in [0.15, 0.2) is 0 Å². The maximum atomic E-state index is 12.4. The molecule has 0 aliphatic carbocycles. The molecule has 0 aromatic carbocycles.